The van der Waals surface area contributed by atoms with E-state index in [1.54, 1.807) is 21.6 Å². The van der Waals surface area contributed by atoms with Crippen LogP contribution in [0.2, 0.25) is 0 Å². The molecule has 0 saturated carbocycles. The number of pyridine rings is 2. The first-order valence-electron chi connectivity index (χ1n) is 9.76. The molecule has 0 aliphatic heterocycles. The zero-order valence-electron chi connectivity index (χ0n) is 15.9. The highest BCUT2D eigenvalue weighted by Crippen LogP contribution is 2.43. The standard InChI is InChI=1S/C26H16N2S2/c1-3-7-19-17(5-1)9-11-21-23(13-15-27-25(19)21)29-30-24-14-16-28-26-20-8-4-2-6-18(20)10-12-22(24)26/h1-16H. The Labute approximate surface area is 181 Å². The average Bonchev–Trinajstić information content (AvgIpc) is 2.82. The van der Waals surface area contributed by atoms with E-state index in [2.05, 4.69) is 94.9 Å². The summed E-state index contributed by atoms with van der Waals surface area (Å²) in [7, 11) is 3.56. The Morgan fingerprint density at radius 3 is 1.40 bits per heavy atom. The van der Waals surface area contributed by atoms with Gasteiger partial charge in [0.25, 0.3) is 0 Å². The summed E-state index contributed by atoms with van der Waals surface area (Å²) in [5.41, 5.74) is 2.12. The Bertz CT molecular complexity index is 1440. The molecule has 6 aromatic rings. The van der Waals surface area contributed by atoms with Gasteiger partial charge < -0.3 is 0 Å². The lowest BCUT2D eigenvalue weighted by Crippen LogP contribution is -1.85. The minimum absolute atomic E-state index is 1.06. The van der Waals surface area contributed by atoms with Gasteiger partial charge >= 0.3 is 0 Å². The van der Waals surface area contributed by atoms with E-state index in [0.717, 1.165) is 11.0 Å². The highest BCUT2D eigenvalue weighted by Gasteiger charge is 2.10. The molecule has 0 aliphatic carbocycles. The third-order valence-electron chi connectivity index (χ3n) is 5.41. The van der Waals surface area contributed by atoms with Crippen molar-refractivity contribution in [2.24, 2.45) is 0 Å². The molecule has 0 radical (unpaired) electrons. The fourth-order valence-electron chi connectivity index (χ4n) is 3.96. The van der Waals surface area contributed by atoms with E-state index in [9.17, 15) is 0 Å². The van der Waals surface area contributed by atoms with Crippen molar-refractivity contribution in [1.82, 2.24) is 9.97 Å². The third-order valence-corrected chi connectivity index (χ3v) is 7.89. The summed E-state index contributed by atoms with van der Waals surface area (Å²) in [4.78, 5) is 11.8. The van der Waals surface area contributed by atoms with Gasteiger partial charge in [-0.15, -0.1) is 0 Å². The number of fused-ring (bicyclic) bond motifs is 6. The SMILES string of the molecule is c1ccc2c(c1)ccc1c(SSc3ccnc4c3ccc3ccccc34)ccnc12. The Hall–Kier alpha value is -3.08. The van der Waals surface area contributed by atoms with E-state index in [4.69, 9.17) is 0 Å². The van der Waals surface area contributed by atoms with Gasteiger partial charge in [-0.05, 0) is 22.9 Å². The van der Waals surface area contributed by atoms with Crippen LogP contribution in [0.1, 0.15) is 0 Å². The maximum Gasteiger partial charge on any atom is 0.0791 e. The predicted molar refractivity (Wildman–Crippen MR) is 130 cm³/mol. The van der Waals surface area contributed by atoms with Crippen molar-refractivity contribution < 1.29 is 0 Å². The van der Waals surface area contributed by atoms with Crippen LogP contribution in [-0.4, -0.2) is 9.97 Å². The summed E-state index contributed by atoms with van der Waals surface area (Å²) in [6.45, 7) is 0. The molecule has 142 valence electrons. The number of hydrogen-bond donors (Lipinski definition) is 0. The lowest BCUT2D eigenvalue weighted by molar-refractivity contribution is 1.37. The normalized spacial score (nSPS) is 11.6. The molecule has 0 N–H and O–H groups in total. The van der Waals surface area contributed by atoms with Gasteiger partial charge in [0.2, 0.25) is 0 Å². The Balaban J connectivity index is 1.42. The van der Waals surface area contributed by atoms with Crippen LogP contribution < -0.4 is 0 Å². The first-order valence-corrected chi connectivity index (χ1v) is 11.9. The second-order valence-corrected chi connectivity index (χ2v) is 9.36. The van der Waals surface area contributed by atoms with Crippen molar-refractivity contribution in [2.45, 2.75) is 9.79 Å². The maximum absolute atomic E-state index is 4.68. The second kappa shape index (κ2) is 7.31. The Kier molecular flexibility index (Phi) is 4.33. The quantitative estimate of drug-likeness (QED) is 0.215. The van der Waals surface area contributed by atoms with E-state index < -0.39 is 0 Å². The molecule has 0 fully saturated rings. The lowest BCUT2D eigenvalue weighted by Gasteiger charge is -2.10. The van der Waals surface area contributed by atoms with Crippen LogP contribution in [-0.2, 0) is 0 Å². The fraction of sp³-hybridized carbons (Fsp3) is 0. The van der Waals surface area contributed by atoms with Crippen molar-refractivity contribution >= 4 is 64.9 Å². The van der Waals surface area contributed by atoms with Crippen molar-refractivity contribution in [1.29, 1.82) is 0 Å². The molecule has 4 heteroatoms. The number of benzene rings is 4. The van der Waals surface area contributed by atoms with Crippen LogP contribution in [0.5, 0.6) is 0 Å². The molecule has 0 spiro atoms. The third kappa shape index (κ3) is 2.92. The zero-order valence-corrected chi connectivity index (χ0v) is 17.6. The van der Waals surface area contributed by atoms with Crippen LogP contribution in [0.15, 0.2) is 107 Å². The molecule has 0 atom stereocenters. The summed E-state index contributed by atoms with van der Waals surface area (Å²) < 4.78 is 0. The maximum atomic E-state index is 4.68. The molecular weight excluding hydrogens is 404 g/mol. The average molecular weight is 421 g/mol. The molecule has 0 saturated heterocycles. The molecule has 0 amide bonds. The van der Waals surface area contributed by atoms with Gasteiger partial charge in [0.15, 0.2) is 0 Å². The molecule has 30 heavy (non-hydrogen) atoms. The molecular formula is C26H16N2S2. The number of rotatable bonds is 3. The van der Waals surface area contributed by atoms with E-state index in [0.29, 0.717) is 0 Å². The van der Waals surface area contributed by atoms with Gasteiger partial charge in [0, 0.05) is 43.7 Å². The van der Waals surface area contributed by atoms with Gasteiger partial charge in [-0.1, -0.05) is 94.4 Å². The summed E-state index contributed by atoms with van der Waals surface area (Å²) in [6, 6.07) is 29.8. The van der Waals surface area contributed by atoms with Crippen molar-refractivity contribution in [3.05, 3.63) is 97.3 Å². The second-order valence-electron chi connectivity index (χ2n) is 7.15. The molecule has 4 aromatic carbocycles. The van der Waals surface area contributed by atoms with Crippen LogP contribution in [0.3, 0.4) is 0 Å². The van der Waals surface area contributed by atoms with Gasteiger partial charge in [-0.3, -0.25) is 9.97 Å². The van der Waals surface area contributed by atoms with Crippen molar-refractivity contribution in [3.63, 3.8) is 0 Å². The molecule has 0 aliphatic rings. The first kappa shape index (κ1) is 17.8. The highest BCUT2D eigenvalue weighted by atomic mass is 33.1. The van der Waals surface area contributed by atoms with E-state index in [1.165, 1.54) is 42.1 Å². The smallest absolute Gasteiger partial charge is 0.0791 e. The number of hydrogen-bond acceptors (Lipinski definition) is 4. The number of aromatic nitrogens is 2. The lowest BCUT2D eigenvalue weighted by atomic mass is 10.1. The predicted octanol–water partition coefficient (Wildman–Crippen LogP) is 7.89. The molecule has 6 rings (SSSR count). The Morgan fingerprint density at radius 1 is 0.433 bits per heavy atom. The number of nitrogens with zero attached hydrogens (tertiary/aromatic N) is 2. The summed E-state index contributed by atoms with van der Waals surface area (Å²) in [5.74, 6) is 0. The topological polar surface area (TPSA) is 25.8 Å². The highest BCUT2D eigenvalue weighted by molar-refractivity contribution is 8.76. The first-order chi connectivity index (χ1) is 14.9. The monoisotopic (exact) mass is 420 g/mol. The van der Waals surface area contributed by atoms with Crippen molar-refractivity contribution in [3.8, 4) is 0 Å². The van der Waals surface area contributed by atoms with Crippen LogP contribution in [0.4, 0.5) is 0 Å². The summed E-state index contributed by atoms with van der Waals surface area (Å²) >= 11 is 0. The molecule has 2 aromatic heterocycles. The minimum atomic E-state index is 1.06. The summed E-state index contributed by atoms with van der Waals surface area (Å²) in [6.07, 6.45) is 3.83. The van der Waals surface area contributed by atoms with Crippen LogP contribution in [0, 0.1) is 0 Å². The zero-order chi connectivity index (χ0) is 19.9. The Morgan fingerprint density at radius 2 is 0.900 bits per heavy atom. The van der Waals surface area contributed by atoms with E-state index in [1.807, 2.05) is 12.4 Å². The van der Waals surface area contributed by atoms with Crippen LogP contribution in [0.25, 0.3) is 43.4 Å². The minimum Gasteiger partial charge on any atom is -0.256 e. The van der Waals surface area contributed by atoms with Crippen molar-refractivity contribution in [2.75, 3.05) is 0 Å². The van der Waals surface area contributed by atoms with E-state index >= 15 is 0 Å². The van der Waals surface area contributed by atoms with Gasteiger partial charge in [0.1, 0.15) is 0 Å². The molecule has 2 nitrogen and oxygen atoms in total. The van der Waals surface area contributed by atoms with Gasteiger partial charge in [-0.2, -0.15) is 0 Å². The fourth-order valence-corrected chi connectivity index (χ4v) is 6.29. The largest absolute Gasteiger partial charge is 0.256 e. The van der Waals surface area contributed by atoms with Crippen LogP contribution >= 0.6 is 21.6 Å². The van der Waals surface area contributed by atoms with E-state index in [-0.39, 0.29) is 0 Å². The summed E-state index contributed by atoms with van der Waals surface area (Å²) in [5, 5.41) is 7.22. The molecule has 0 unspecified atom stereocenters. The molecule has 0 bridgehead atoms. The van der Waals surface area contributed by atoms with Gasteiger partial charge in [0.05, 0.1) is 11.0 Å². The molecule has 2 heterocycles. The van der Waals surface area contributed by atoms with Gasteiger partial charge in [-0.25, -0.2) is 0 Å².